The van der Waals surface area contributed by atoms with Crippen LogP contribution in [0.2, 0.25) is 0 Å². The lowest BCUT2D eigenvalue weighted by atomic mass is 10.1. The lowest BCUT2D eigenvalue weighted by Gasteiger charge is -2.17. The summed E-state index contributed by atoms with van der Waals surface area (Å²) in [7, 11) is 2.17. The maximum Gasteiger partial charge on any atom is 0.0397 e. The van der Waals surface area contributed by atoms with Gasteiger partial charge < -0.3 is 10.2 Å². The first-order valence-corrected chi connectivity index (χ1v) is 8.25. The quantitative estimate of drug-likeness (QED) is 0.889. The number of anilines is 1. The van der Waals surface area contributed by atoms with Gasteiger partial charge in [0.25, 0.3) is 0 Å². The standard InChI is InChI=1S/C18H21BrN2/c1-13(16-5-3-4-6-17(16)19)20-12-14-7-8-18-15(11-14)9-10-21(18)2/h3-8,11,13,20H,9-10,12H2,1-2H3. The first kappa shape index (κ1) is 14.6. The van der Waals surface area contributed by atoms with E-state index in [0.29, 0.717) is 6.04 Å². The highest BCUT2D eigenvalue weighted by atomic mass is 79.9. The van der Waals surface area contributed by atoms with Gasteiger partial charge in [0.1, 0.15) is 0 Å². The van der Waals surface area contributed by atoms with Crippen LogP contribution in [0.5, 0.6) is 0 Å². The van der Waals surface area contributed by atoms with E-state index in [1.54, 1.807) is 0 Å². The lowest BCUT2D eigenvalue weighted by molar-refractivity contribution is 0.572. The van der Waals surface area contributed by atoms with Gasteiger partial charge in [-0.05, 0) is 42.2 Å². The van der Waals surface area contributed by atoms with Gasteiger partial charge in [-0.25, -0.2) is 0 Å². The zero-order valence-corrected chi connectivity index (χ0v) is 14.2. The third kappa shape index (κ3) is 3.14. The Kier molecular flexibility index (Phi) is 4.32. The molecule has 2 aromatic rings. The van der Waals surface area contributed by atoms with Crippen molar-refractivity contribution in [2.45, 2.75) is 25.9 Å². The van der Waals surface area contributed by atoms with Gasteiger partial charge in [0.15, 0.2) is 0 Å². The Morgan fingerprint density at radius 1 is 1.24 bits per heavy atom. The Bertz CT molecular complexity index is 639. The lowest BCUT2D eigenvalue weighted by Crippen LogP contribution is -2.18. The molecule has 0 bridgehead atoms. The second kappa shape index (κ2) is 6.20. The summed E-state index contributed by atoms with van der Waals surface area (Å²) in [5.41, 5.74) is 5.53. The van der Waals surface area contributed by atoms with Crippen LogP contribution in [0.1, 0.15) is 29.7 Å². The second-order valence-corrected chi connectivity index (χ2v) is 6.61. The first-order valence-electron chi connectivity index (χ1n) is 7.46. The number of hydrogen-bond acceptors (Lipinski definition) is 2. The van der Waals surface area contributed by atoms with Crippen LogP contribution in [-0.2, 0) is 13.0 Å². The van der Waals surface area contributed by atoms with Gasteiger partial charge in [-0.3, -0.25) is 0 Å². The molecule has 0 saturated carbocycles. The smallest absolute Gasteiger partial charge is 0.0397 e. The topological polar surface area (TPSA) is 15.3 Å². The Labute approximate surface area is 135 Å². The van der Waals surface area contributed by atoms with Crippen LogP contribution in [0.25, 0.3) is 0 Å². The number of halogens is 1. The third-order valence-corrected chi connectivity index (χ3v) is 4.98. The van der Waals surface area contributed by atoms with Gasteiger partial charge in [0.2, 0.25) is 0 Å². The molecule has 1 aliphatic rings. The Morgan fingerprint density at radius 2 is 2.05 bits per heavy atom. The van der Waals surface area contributed by atoms with Crippen molar-refractivity contribution in [1.82, 2.24) is 5.32 Å². The highest BCUT2D eigenvalue weighted by molar-refractivity contribution is 9.10. The number of hydrogen-bond donors (Lipinski definition) is 1. The fourth-order valence-electron chi connectivity index (χ4n) is 2.94. The Balaban J connectivity index is 1.67. The van der Waals surface area contributed by atoms with Gasteiger partial charge in [0, 0.05) is 36.3 Å². The first-order chi connectivity index (χ1) is 10.1. The molecule has 3 heteroatoms. The second-order valence-electron chi connectivity index (χ2n) is 5.76. The molecule has 110 valence electrons. The van der Waals surface area contributed by atoms with E-state index < -0.39 is 0 Å². The van der Waals surface area contributed by atoms with Gasteiger partial charge in [0.05, 0.1) is 0 Å². The Hall–Kier alpha value is -1.32. The number of fused-ring (bicyclic) bond motifs is 1. The van der Waals surface area contributed by atoms with Crippen molar-refractivity contribution in [3.63, 3.8) is 0 Å². The molecule has 0 radical (unpaired) electrons. The molecule has 1 aliphatic heterocycles. The van der Waals surface area contributed by atoms with Crippen molar-refractivity contribution in [2.75, 3.05) is 18.5 Å². The molecule has 1 unspecified atom stereocenters. The van der Waals surface area contributed by atoms with E-state index in [4.69, 9.17) is 0 Å². The number of likely N-dealkylation sites (N-methyl/N-ethyl adjacent to an activating group) is 1. The van der Waals surface area contributed by atoms with Gasteiger partial charge in [-0.15, -0.1) is 0 Å². The molecule has 1 N–H and O–H groups in total. The van der Waals surface area contributed by atoms with Crippen molar-refractivity contribution in [2.24, 2.45) is 0 Å². The van der Waals surface area contributed by atoms with Crippen LogP contribution >= 0.6 is 15.9 Å². The van der Waals surface area contributed by atoms with E-state index in [9.17, 15) is 0 Å². The maximum atomic E-state index is 3.62. The van der Waals surface area contributed by atoms with Crippen LogP contribution in [0.15, 0.2) is 46.9 Å². The van der Waals surface area contributed by atoms with Gasteiger partial charge in [-0.1, -0.05) is 46.3 Å². The molecule has 1 atom stereocenters. The van der Waals surface area contributed by atoms with Crippen molar-refractivity contribution in [1.29, 1.82) is 0 Å². The van der Waals surface area contributed by atoms with E-state index in [-0.39, 0.29) is 0 Å². The molecule has 0 amide bonds. The van der Waals surface area contributed by atoms with E-state index in [2.05, 4.69) is 82.6 Å². The largest absolute Gasteiger partial charge is 0.374 e. The minimum absolute atomic E-state index is 0.330. The average Bonchev–Trinajstić information content (AvgIpc) is 2.86. The minimum Gasteiger partial charge on any atom is -0.374 e. The highest BCUT2D eigenvalue weighted by Crippen LogP contribution is 2.28. The molecule has 2 aromatic carbocycles. The highest BCUT2D eigenvalue weighted by Gasteiger charge is 2.15. The zero-order valence-electron chi connectivity index (χ0n) is 12.6. The number of rotatable bonds is 4. The molecule has 1 heterocycles. The Morgan fingerprint density at radius 3 is 2.86 bits per heavy atom. The van der Waals surface area contributed by atoms with Crippen LogP contribution < -0.4 is 10.2 Å². The summed E-state index contributed by atoms with van der Waals surface area (Å²) >= 11 is 3.62. The van der Waals surface area contributed by atoms with Crippen LogP contribution in [0, 0.1) is 0 Å². The molecule has 21 heavy (non-hydrogen) atoms. The summed E-state index contributed by atoms with van der Waals surface area (Å²) in [6, 6.07) is 15.6. The molecular weight excluding hydrogens is 324 g/mol. The molecule has 0 aromatic heterocycles. The third-order valence-electron chi connectivity index (χ3n) is 4.26. The number of nitrogens with one attached hydrogen (secondary N) is 1. The van der Waals surface area contributed by atoms with E-state index in [0.717, 1.165) is 13.1 Å². The fourth-order valence-corrected chi connectivity index (χ4v) is 3.57. The van der Waals surface area contributed by atoms with Crippen molar-refractivity contribution >= 4 is 21.6 Å². The minimum atomic E-state index is 0.330. The van der Waals surface area contributed by atoms with Crippen LogP contribution in [-0.4, -0.2) is 13.6 Å². The molecule has 0 aliphatic carbocycles. The molecule has 2 nitrogen and oxygen atoms in total. The molecule has 0 spiro atoms. The van der Waals surface area contributed by atoms with Gasteiger partial charge in [-0.2, -0.15) is 0 Å². The molecular formula is C18H21BrN2. The SMILES string of the molecule is CC(NCc1ccc2c(c1)CCN2C)c1ccccc1Br. The van der Waals surface area contributed by atoms with E-state index in [1.165, 1.54) is 33.3 Å². The number of benzene rings is 2. The summed E-state index contributed by atoms with van der Waals surface area (Å²) in [6.07, 6.45) is 1.17. The van der Waals surface area contributed by atoms with E-state index >= 15 is 0 Å². The average molecular weight is 345 g/mol. The van der Waals surface area contributed by atoms with Crippen molar-refractivity contribution in [3.8, 4) is 0 Å². The predicted molar refractivity (Wildman–Crippen MR) is 92.8 cm³/mol. The summed E-state index contributed by atoms with van der Waals surface area (Å²) in [5, 5.41) is 3.61. The molecule has 3 rings (SSSR count). The maximum absolute atomic E-state index is 3.62. The molecule has 0 saturated heterocycles. The fraction of sp³-hybridized carbons (Fsp3) is 0.333. The van der Waals surface area contributed by atoms with E-state index in [1.807, 2.05) is 0 Å². The summed E-state index contributed by atoms with van der Waals surface area (Å²) in [5.74, 6) is 0. The summed E-state index contributed by atoms with van der Waals surface area (Å²) in [4.78, 5) is 2.33. The van der Waals surface area contributed by atoms with Crippen molar-refractivity contribution in [3.05, 3.63) is 63.6 Å². The summed E-state index contributed by atoms with van der Waals surface area (Å²) < 4.78 is 1.17. The number of nitrogens with zero attached hydrogens (tertiary/aromatic N) is 1. The predicted octanol–water partition coefficient (Wildman–Crippen LogP) is 4.29. The monoisotopic (exact) mass is 344 g/mol. The van der Waals surface area contributed by atoms with Crippen molar-refractivity contribution < 1.29 is 0 Å². The summed E-state index contributed by atoms with van der Waals surface area (Å²) in [6.45, 7) is 4.25. The normalized spacial score (nSPS) is 15.1. The molecule has 0 fully saturated rings. The van der Waals surface area contributed by atoms with Gasteiger partial charge >= 0.3 is 0 Å². The van der Waals surface area contributed by atoms with Crippen LogP contribution in [0.3, 0.4) is 0 Å². The van der Waals surface area contributed by atoms with Crippen LogP contribution in [0.4, 0.5) is 5.69 Å². The zero-order chi connectivity index (χ0) is 14.8.